The minimum atomic E-state index is -1.80. The molecule has 3 aliphatic rings. The molecule has 0 bridgehead atoms. The SMILES string of the molecule is CC(C)(C)CN(C(=O)[C@@H]1[C@H]2C[C@](C)(OCc3ccccc3)CN2[C@]2(C(=O)Nc3c(Cl)cc(Cl)cc32)[C@@H]1C(=O)O)c1cc(Cl)cc(Cl)c1. The molecule has 0 unspecified atom stereocenters. The third-order valence-electron chi connectivity index (χ3n) is 9.31. The molecule has 3 aromatic rings. The number of halogens is 4. The van der Waals surface area contributed by atoms with Crippen LogP contribution in [0.5, 0.6) is 0 Å². The van der Waals surface area contributed by atoms with E-state index < -0.39 is 52.2 Å². The maximum Gasteiger partial charge on any atom is 0.310 e. The lowest BCUT2D eigenvalue weighted by molar-refractivity contribution is -0.153. The van der Waals surface area contributed by atoms with Gasteiger partial charge in [0, 0.05) is 45.5 Å². The van der Waals surface area contributed by atoms with Crippen molar-refractivity contribution in [1.82, 2.24) is 4.90 Å². The smallest absolute Gasteiger partial charge is 0.310 e. The number of fused-ring (bicyclic) bond motifs is 4. The van der Waals surface area contributed by atoms with Gasteiger partial charge in [-0.15, -0.1) is 0 Å². The Morgan fingerprint density at radius 3 is 2.28 bits per heavy atom. The lowest BCUT2D eigenvalue weighted by Crippen LogP contribution is -2.55. The Hall–Kier alpha value is -2.85. The van der Waals surface area contributed by atoms with Crippen LogP contribution in [0.1, 0.15) is 45.2 Å². The van der Waals surface area contributed by atoms with Crippen molar-refractivity contribution in [3.05, 3.63) is 91.9 Å². The van der Waals surface area contributed by atoms with Crippen LogP contribution in [-0.4, -0.2) is 52.5 Å². The molecule has 0 saturated carbocycles. The predicted molar refractivity (Wildman–Crippen MR) is 184 cm³/mol. The van der Waals surface area contributed by atoms with Gasteiger partial charge in [0.15, 0.2) is 0 Å². The summed E-state index contributed by atoms with van der Waals surface area (Å²) in [7, 11) is 0. The van der Waals surface area contributed by atoms with E-state index in [9.17, 15) is 14.7 Å². The number of aliphatic carboxylic acids is 1. The lowest BCUT2D eigenvalue weighted by Gasteiger charge is -2.38. The Labute approximate surface area is 293 Å². The third-order valence-corrected chi connectivity index (χ3v) is 10.3. The topological polar surface area (TPSA) is 99.2 Å². The van der Waals surface area contributed by atoms with Gasteiger partial charge in [-0.3, -0.25) is 19.3 Å². The molecule has 2 N–H and O–H groups in total. The van der Waals surface area contributed by atoms with Gasteiger partial charge in [-0.25, -0.2) is 0 Å². The Morgan fingerprint density at radius 2 is 1.66 bits per heavy atom. The van der Waals surface area contributed by atoms with E-state index in [4.69, 9.17) is 51.1 Å². The second-order valence-corrected chi connectivity index (χ2v) is 15.8. The number of carbonyl (C=O) groups is 3. The van der Waals surface area contributed by atoms with Crippen molar-refractivity contribution in [2.75, 3.05) is 23.3 Å². The van der Waals surface area contributed by atoms with E-state index in [2.05, 4.69) is 5.32 Å². The Balaban J connectivity index is 1.52. The number of nitrogens with zero attached hydrogens (tertiary/aromatic N) is 2. The number of hydrogen-bond donors (Lipinski definition) is 2. The molecule has 3 aliphatic heterocycles. The molecular formula is C35H35Cl4N3O5. The van der Waals surface area contributed by atoms with Crippen LogP contribution in [0, 0.1) is 17.3 Å². The molecule has 3 heterocycles. The standard InChI is InChI=1S/C35H35Cl4N3O5/c1-33(2,3)17-41(23-11-20(36)10-21(37)12-23)30(43)27-26-15-34(4,47-16-19-8-6-5-7-9-19)18-42(26)35(28(27)31(44)45)24-13-22(38)14-25(39)29(24)40-32(35)46/h5-14,26-28H,15-18H2,1-4H3,(H,40,46)(H,44,45)/t26-,27-,28+,34+,35+/m1/s1. The summed E-state index contributed by atoms with van der Waals surface area (Å²) in [6.45, 7) is 8.57. The van der Waals surface area contributed by atoms with Crippen molar-refractivity contribution in [2.45, 2.75) is 57.9 Å². The molecule has 6 rings (SSSR count). The van der Waals surface area contributed by atoms with Crippen LogP contribution in [0.2, 0.25) is 20.1 Å². The molecule has 0 radical (unpaired) electrons. The van der Waals surface area contributed by atoms with Crippen LogP contribution < -0.4 is 10.2 Å². The van der Waals surface area contributed by atoms with E-state index in [1.807, 2.05) is 62.9 Å². The largest absolute Gasteiger partial charge is 0.481 e. The lowest BCUT2D eigenvalue weighted by atomic mass is 9.72. The maximum atomic E-state index is 15.1. The molecule has 5 atom stereocenters. The quantitative estimate of drug-likeness (QED) is 0.258. The summed E-state index contributed by atoms with van der Waals surface area (Å²) in [6.07, 6.45) is 0.290. The molecule has 8 nitrogen and oxygen atoms in total. The number of amides is 2. The first-order chi connectivity index (χ1) is 22.0. The molecule has 1 spiro atoms. The van der Waals surface area contributed by atoms with Crippen molar-refractivity contribution in [1.29, 1.82) is 0 Å². The summed E-state index contributed by atoms with van der Waals surface area (Å²) in [5.41, 5.74) is -1.03. The summed E-state index contributed by atoms with van der Waals surface area (Å²) in [5, 5.41) is 15.0. The van der Waals surface area contributed by atoms with Crippen LogP contribution in [0.3, 0.4) is 0 Å². The molecule has 0 aromatic heterocycles. The number of anilines is 2. The number of nitrogens with one attached hydrogen (secondary N) is 1. The van der Waals surface area contributed by atoms with E-state index in [0.717, 1.165) is 5.56 Å². The van der Waals surface area contributed by atoms with Crippen LogP contribution in [0.4, 0.5) is 11.4 Å². The van der Waals surface area contributed by atoms with Crippen LogP contribution in [0.15, 0.2) is 60.7 Å². The first-order valence-corrected chi connectivity index (χ1v) is 16.8. The third kappa shape index (κ3) is 6.02. The molecule has 47 heavy (non-hydrogen) atoms. The van der Waals surface area contributed by atoms with Crippen LogP contribution >= 0.6 is 46.4 Å². The van der Waals surface area contributed by atoms with Gasteiger partial charge in [0.1, 0.15) is 11.5 Å². The Kier molecular flexibility index (Phi) is 8.86. The average Bonchev–Trinajstić information content (AvgIpc) is 3.56. The fourth-order valence-electron chi connectivity index (χ4n) is 7.61. The Bertz CT molecular complexity index is 1750. The molecule has 3 aromatic carbocycles. The molecule has 2 saturated heterocycles. The number of benzene rings is 3. The van der Waals surface area contributed by atoms with Gasteiger partial charge in [0.2, 0.25) is 5.91 Å². The zero-order chi connectivity index (χ0) is 34.1. The fraction of sp³-hybridized carbons (Fsp3) is 0.400. The fourth-order valence-corrected chi connectivity index (χ4v) is 8.67. The van der Waals surface area contributed by atoms with E-state index in [-0.39, 0.29) is 28.8 Å². The van der Waals surface area contributed by atoms with Crippen molar-refractivity contribution < 1.29 is 24.2 Å². The van der Waals surface area contributed by atoms with Gasteiger partial charge >= 0.3 is 5.97 Å². The molecule has 2 fully saturated rings. The molecule has 0 aliphatic carbocycles. The highest BCUT2D eigenvalue weighted by molar-refractivity contribution is 6.38. The number of carbonyl (C=O) groups excluding carboxylic acids is 2. The summed E-state index contributed by atoms with van der Waals surface area (Å²) in [5.74, 6) is -5.00. The number of hydrogen-bond acceptors (Lipinski definition) is 5. The summed E-state index contributed by atoms with van der Waals surface area (Å²) in [4.78, 5) is 46.4. The molecule has 248 valence electrons. The monoisotopic (exact) mass is 717 g/mol. The highest BCUT2D eigenvalue weighted by Gasteiger charge is 2.74. The second kappa shape index (κ2) is 12.2. The van der Waals surface area contributed by atoms with E-state index in [0.29, 0.717) is 34.3 Å². The number of rotatable bonds is 7. The van der Waals surface area contributed by atoms with Crippen molar-refractivity contribution >= 4 is 75.6 Å². The Morgan fingerprint density at radius 1 is 1.02 bits per heavy atom. The first kappa shape index (κ1) is 34.0. The summed E-state index contributed by atoms with van der Waals surface area (Å²) >= 11 is 25.9. The molecular weight excluding hydrogens is 684 g/mol. The van der Waals surface area contributed by atoms with Gasteiger partial charge < -0.3 is 20.1 Å². The van der Waals surface area contributed by atoms with Gasteiger partial charge in [-0.1, -0.05) is 97.5 Å². The maximum absolute atomic E-state index is 15.1. The normalized spacial score (nSPS) is 26.7. The van der Waals surface area contributed by atoms with Gasteiger partial charge in [0.05, 0.1) is 28.8 Å². The van der Waals surface area contributed by atoms with E-state index in [1.165, 1.54) is 6.07 Å². The summed E-state index contributed by atoms with van der Waals surface area (Å²) in [6, 6.07) is 16.9. The zero-order valence-corrected chi connectivity index (χ0v) is 29.3. The van der Waals surface area contributed by atoms with Crippen molar-refractivity contribution in [3.63, 3.8) is 0 Å². The minimum absolute atomic E-state index is 0.178. The van der Waals surface area contributed by atoms with E-state index in [1.54, 1.807) is 29.2 Å². The minimum Gasteiger partial charge on any atom is -0.481 e. The number of carboxylic acids is 1. The van der Waals surface area contributed by atoms with Crippen LogP contribution in [-0.2, 0) is 31.3 Å². The predicted octanol–water partition coefficient (Wildman–Crippen LogP) is 7.91. The number of ether oxygens (including phenoxy) is 1. The van der Waals surface area contributed by atoms with E-state index >= 15 is 4.79 Å². The van der Waals surface area contributed by atoms with Crippen molar-refractivity contribution in [2.24, 2.45) is 17.3 Å². The van der Waals surface area contributed by atoms with Gasteiger partial charge in [-0.05, 0) is 54.7 Å². The number of carboxylic acid groups (broad SMARTS) is 1. The second-order valence-electron chi connectivity index (χ2n) is 14.1. The highest BCUT2D eigenvalue weighted by atomic mass is 35.5. The van der Waals surface area contributed by atoms with Gasteiger partial charge in [-0.2, -0.15) is 0 Å². The molecule has 12 heteroatoms. The highest BCUT2D eigenvalue weighted by Crippen LogP contribution is 2.61. The van der Waals surface area contributed by atoms with Gasteiger partial charge in [0.25, 0.3) is 5.91 Å². The first-order valence-electron chi connectivity index (χ1n) is 15.3. The zero-order valence-electron chi connectivity index (χ0n) is 26.3. The summed E-state index contributed by atoms with van der Waals surface area (Å²) < 4.78 is 6.53. The average molecular weight is 719 g/mol. The van der Waals surface area contributed by atoms with Crippen molar-refractivity contribution in [3.8, 4) is 0 Å². The van der Waals surface area contributed by atoms with Crippen LogP contribution in [0.25, 0.3) is 0 Å². The molecule has 2 amide bonds.